The van der Waals surface area contributed by atoms with Crippen LogP contribution in [0.15, 0.2) is 18.2 Å². The lowest BCUT2D eigenvalue weighted by atomic mass is 10.2. The van der Waals surface area contributed by atoms with Crippen molar-refractivity contribution in [3.05, 3.63) is 23.8 Å². The fraction of sp³-hybridized carbons (Fsp3) is 0.562. The van der Waals surface area contributed by atoms with Gasteiger partial charge in [0.15, 0.2) is 0 Å². The van der Waals surface area contributed by atoms with E-state index in [4.69, 9.17) is 9.84 Å². The van der Waals surface area contributed by atoms with Crippen LogP contribution in [0.25, 0.3) is 0 Å². The third-order valence-electron chi connectivity index (χ3n) is 3.74. The zero-order valence-corrected chi connectivity index (χ0v) is 12.8. The molecule has 2 N–H and O–H groups in total. The largest absolute Gasteiger partial charge is 0.497 e. The number of aryl methyl sites for hydroxylation is 1. The number of rotatable bonds is 7. The van der Waals surface area contributed by atoms with Crippen molar-refractivity contribution in [1.29, 1.82) is 0 Å². The van der Waals surface area contributed by atoms with Gasteiger partial charge < -0.3 is 20.1 Å². The highest BCUT2D eigenvalue weighted by Gasteiger charge is 2.32. The molecule has 1 saturated carbocycles. The van der Waals surface area contributed by atoms with Crippen molar-refractivity contribution in [3.63, 3.8) is 0 Å². The number of aliphatic hydroxyl groups excluding tert-OH is 1. The van der Waals surface area contributed by atoms with Crippen LogP contribution in [-0.4, -0.2) is 42.3 Å². The predicted molar refractivity (Wildman–Crippen MR) is 82.8 cm³/mol. The third-order valence-corrected chi connectivity index (χ3v) is 3.74. The zero-order valence-electron chi connectivity index (χ0n) is 12.8. The van der Waals surface area contributed by atoms with E-state index in [1.165, 1.54) is 0 Å². The minimum absolute atomic E-state index is 0.0632. The van der Waals surface area contributed by atoms with Gasteiger partial charge in [-0.15, -0.1) is 0 Å². The van der Waals surface area contributed by atoms with Crippen LogP contribution < -0.4 is 10.1 Å². The minimum Gasteiger partial charge on any atom is -0.497 e. The molecule has 1 aromatic carbocycles. The van der Waals surface area contributed by atoms with Crippen LogP contribution in [0.3, 0.4) is 0 Å². The normalized spacial score (nSPS) is 13.9. The maximum atomic E-state index is 12.5. The third kappa shape index (κ3) is 4.36. The molecule has 2 rings (SSSR count). The van der Waals surface area contributed by atoms with Crippen molar-refractivity contribution in [1.82, 2.24) is 4.90 Å². The van der Waals surface area contributed by atoms with E-state index in [1.807, 2.05) is 30.0 Å². The molecule has 0 saturated heterocycles. The lowest BCUT2D eigenvalue weighted by Gasteiger charge is -2.23. The van der Waals surface area contributed by atoms with Gasteiger partial charge in [-0.3, -0.25) is 0 Å². The number of carbonyl (C=O) groups is 1. The van der Waals surface area contributed by atoms with E-state index >= 15 is 0 Å². The quantitative estimate of drug-likeness (QED) is 0.760. The Hall–Kier alpha value is -1.75. The Morgan fingerprint density at radius 1 is 1.43 bits per heavy atom. The molecule has 1 aliphatic carbocycles. The van der Waals surface area contributed by atoms with E-state index in [1.54, 1.807) is 7.11 Å². The molecular formula is C16H24N2O3. The highest BCUT2D eigenvalue weighted by Crippen LogP contribution is 2.29. The molecule has 1 aromatic rings. The van der Waals surface area contributed by atoms with Crippen molar-refractivity contribution >= 4 is 11.7 Å². The topological polar surface area (TPSA) is 61.8 Å². The van der Waals surface area contributed by atoms with Gasteiger partial charge in [0.2, 0.25) is 0 Å². The van der Waals surface area contributed by atoms with Crippen molar-refractivity contribution in [2.45, 2.75) is 38.6 Å². The van der Waals surface area contributed by atoms with Crippen LogP contribution in [-0.2, 0) is 0 Å². The smallest absolute Gasteiger partial charge is 0.322 e. The Labute approximate surface area is 125 Å². The van der Waals surface area contributed by atoms with Crippen LogP contribution in [0.5, 0.6) is 5.75 Å². The highest BCUT2D eigenvalue weighted by atomic mass is 16.5. The Kier molecular flexibility index (Phi) is 5.44. The summed E-state index contributed by atoms with van der Waals surface area (Å²) in [5.41, 5.74) is 1.79. The predicted octanol–water partition coefficient (Wildman–Crippen LogP) is 2.77. The number of unbranched alkanes of at least 4 members (excludes halogenated alkanes) is 1. The van der Waals surface area contributed by atoms with Gasteiger partial charge in [-0.25, -0.2) is 4.79 Å². The Balaban J connectivity index is 2.00. The number of ether oxygens (including phenoxy) is 1. The maximum Gasteiger partial charge on any atom is 0.322 e. The summed E-state index contributed by atoms with van der Waals surface area (Å²) in [5.74, 6) is 0.731. The number of benzene rings is 1. The number of anilines is 1. The van der Waals surface area contributed by atoms with Crippen LogP contribution in [0.4, 0.5) is 10.5 Å². The maximum absolute atomic E-state index is 12.5. The number of nitrogens with one attached hydrogen (secondary N) is 1. The Morgan fingerprint density at radius 2 is 2.19 bits per heavy atom. The summed E-state index contributed by atoms with van der Waals surface area (Å²) in [5, 5.41) is 11.8. The molecule has 0 unspecified atom stereocenters. The molecule has 116 valence electrons. The molecule has 0 bridgehead atoms. The van der Waals surface area contributed by atoms with Crippen molar-refractivity contribution in [3.8, 4) is 5.75 Å². The molecule has 0 aliphatic heterocycles. The summed E-state index contributed by atoms with van der Waals surface area (Å²) in [7, 11) is 1.61. The molecular weight excluding hydrogens is 268 g/mol. The van der Waals surface area contributed by atoms with Gasteiger partial charge in [0, 0.05) is 30.9 Å². The lowest BCUT2D eigenvalue weighted by Crippen LogP contribution is -2.37. The fourth-order valence-electron chi connectivity index (χ4n) is 2.28. The van der Waals surface area contributed by atoms with Crippen LogP contribution in [0, 0.1) is 6.92 Å². The number of hydrogen-bond acceptors (Lipinski definition) is 3. The molecule has 1 aliphatic rings. The van der Waals surface area contributed by atoms with Crippen molar-refractivity contribution < 1.29 is 14.6 Å². The second-order valence-corrected chi connectivity index (χ2v) is 5.47. The van der Waals surface area contributed by atoms with Gasteiger partial charge in [-0.05, 0) is 44.2 Å². The number of methoxy groups -OCH3 is 1. The number of aliphatic hydroxyl groups is 1. The van der Waals surface area contributed by atoms with Crippen LogP contribution in [0.2, 0.25) is 0 Å². The van der Waals surface area contributed by atoms with Gasteiger partial charge in [0.05, 0.1) is 7.11 Å². The number of hydrogen-bond donors (Lipinski definition) is 2. The van der Waals surface area contributed by atoms with E-state index in [0.717, 1.165) is 42.7 Å². The molecule has 21 heavy (non-hydrogen) atoms. The lowest BCUT2D eigenvalue weighted by molar-refractivity contribution is 0.204. The second-order valence-electron chi connectivity index (χ2n) is 5.47. The number of nitrogens with zero attached hydrogens (tertiary/aromatic N) is 1. The Bertz CT molecular complexity index is 486. The molecule has 0 spiro atoms. The van der Waals surface area contributed by atoms with Gasteiger partial charge in [-0.1, -0.05) is 6.07 Å². The number of carbonyl (C=O) groups excluding carboxylic acids is 1. The molecule has 0 heterocycles. The van der Waals surface area contributed by atoms with Gasteiger partial charge in [0.25, 0.3) is 0 Å². The van der Waals surface area contributed by atoms with E-state index in [2.05, 4.69) is 5.32 Å². The first-order valence-corrected chi connectivity index (χ1v) is 7.49. The first kappa shape index (κ1) is 15.6. The summed E-state index contributed by atoms with van der Waals surface area (Å²) in [6.45, 7) is 2.83. The van der Waals surface area contributed by atoms with Crippen molar-refractivity contribution in [2.24, 2.45) is 0 Å². The summed E-state index contributed by atoms with van der Waals surface area (Å²) < 4.78 is 5.20. The number of urea groups is 1. The molecule has 5 heteroatoms. The van der Waals surface area contributed by atoms with Crippen LogP contribution >= 0.6 is 0 Å². The SMILES string of the molecule is COc1ccc(C)c(NC(=O)N(CCCCO)C2CC2)c1. The fourth-order valence-corrected chi connectivity index (χ4v) is 2.28. The van der Waals surface area contributed by atoms with Crippen molar-refractivity contribution in [2.75, 3.05) is 25.6 Å². The monoisotopic (exact) mass is 292 g/mol. The molecule has 1 fully saturated rings. The average Bonchev–Trinajstić information content (AvgIpc) is 3.30. The first-order valence-electron chi connectivity index (χ1n) is 7.49. The summed E-state index contributed by atoms with van der Waals surface area (Å²) in [4.78, 5) is 14.3. The molecule has 0 atom stereocenters. The number of amides is 2. The van der Waals surface area contributed by atoms with E-state index in [9.17, 15) is 4.79 Å². The van der Waals surface area contributed by atoms with Gasteiger partial charge in [0.1, 0.15) is 5.75 Å². The minimum atomic E-state index is -0.0632. The van der Waals surface area contributed by atoms with E-state index in [-0.39, 0.29) is 12.6 Å². The van der Waals surface area contributed by atoms with Crippen LogP contribution in [0.1, 0.15) is 31.2 Å². The van der Waals surface area contributed by atoms with Gasteiger partial charge >= 0.3 is 6.03 Å². The summed E-state index contributed by atoms with van der Waals surface area (Å²) >= 11 is 0. The van der Waals surface area contributed by atoms with E-state index in [0.29, 0.717) is 12.6 Å². The standard InChI is InChI=1S/C16H24N2O3/c1-12-5-8-14(21-2)11-15(12)17-16(20)18(13-6-7-13)9-3-4-10-19/h5,8,11,13,19H,3-4,6-7,9-10H2,1-2H3,(H,17,20). The average molecular weight is 292 g/mol. The first-order chi connectivity index (χ1) is 10.2. The van der Waals surface area contributed by atoms with Gasteiger partial charge in [-0.2, -0.15) is 0 Å². The molecule has 0 aromatic heterocycles. The summed E-state index contributed by atoms with van der Waals surface area (Å²) in [6, 6.07) is 5.94. The Morgan fingerprint density at radius 3 is 2.81 bits per heavy atom. The molecule has 0 radical (unpaired) electrons. The molecule has 2 amide bonds. The zero-order chi connectivity index (χ0) is 15.2. The summed E-state index contributed by atoms with van der Waals surface area (Å²) in [6.07, 6.45) is 3.71. The second kappa shape index (κ2) is 7.31. The van der Waals surface area contributed by atoms with E-state index < -0.39 is 0 Å². The molecule has 5 nitrogen and oxygen atoms in total. The highest BCUT2D eigenvalue weighted by molar-refractivity contribution is 5.90.